The molecule has 1 fully saturated rings. The van der Waals surface area contributed by atoms with Crippen LogP contribution >= 0.6 is 0 Å². The summed E-state index contributed by atoms with van der Waals surface area (Å²) in [5, 5.41) is 12.7. The molecule has 1 aliphatic heterocycles. The summed E-state index contributed by atoms with van der Waals surface area (Å²) in [6.45, 7) is 6.21. The van der Waals surface area contributed by atoms with Gasteiger partial charge >= 0.3 is 5.69 Å². The Labute approximate surface area is 227 Å². The summed E-state index contributed by atoms with van der Waals surface area (Å²) in [6, 6.07) is 6.51. The number of hydrogen-bond acceptors (Lipinski definition) is 4. The smallest absolute Gasteiger partial charge is 0.310 e. The molecule has 1 aliphatic carbocycles. The van der Waals surface area contributed by atoms with Crippen molar-refractivity contribution in [2.75, 3.05) is 6.54 Å². The van der Waals surface area contributed by atoms with Crippen LogP contribution in [0.5, 0.6) is 0 Å². The third-order valence-electron chi connectivity index (χ3n) is 8.12. The maximum Gasteiger partial charge on any atom is 0.338 e. The van der Waals surface area contributed by atoms with E-state index in [0.29, 0.717) is 47.4 Å². The van der Waals surface area contributed by atoms with Gasteiger partial charge in [0.1, 0.15) is 17.3 Å². The monoisotopic (exact) mass is 547 g/mol. The van der Waals surface area contributed by atoms with Crippen LogP contribution in [-0.2, 0) is 13.0 Å². The number of fused-ring (bicyclic) bond motifs is 2. The Morgan fingerprint density at radius 2 is 1.80 bits per heavy atom. The molecule has 0 spiro atoms. The van der Waals surface area contributed by atoms with E-state index in [-0.39, 0.29) is 29.5 Å². The standard InChI is InChI=1S/C29H28F3N7O/c1-16-12-19(13-17(2)25(16)30)39-27(24-18(3)33-9-6-21(24)35-39)37-11-10-36(28(37)40)23-5-4-22-20(26(23)31)14-34-38(22)15-29(32)7-8-29/h4-5,10-14,18,33H,6-9,15H2,1-3H3/t18-/m0/s1. The van der Waals surface area contributed by atoms with E-state index in [9.17, 15) is 13.6 Å². The van der Waals surface area contributed by atoms with Gasteiger partial charge in [-0.3, -0.25) is 13.8 Å². The molecule has 4 heterocycles. The number of halogens is 3. The number of aromatic nitrogens is 6. The lowest BCUT2D eigenvalue weighted by Crippen LogP contribution is -2.30. The summed E-state index contributed by atoms with van der Waals surface area (Å²) >= 11 is 0. The molecule has 1 atom stereocenters. The zero-order chi connectivity index (χ0) is 27.9. The molecule has 1 N–H and O–H groups in total. The molecule has 3 aromatic heterocycles. The van der Waals surface area contributed by atoms with E-state index in [0.717, 1.165) is 17.8 Å². The second-order valence-corrected chi connectivity index (χ2v) is 11.0. The summed E-state index contributed by atoms with van der Waals surface area (Å²) in [4.78, 5) is 13.9. The van der Waals surface area contributed by atoms with E-state index in [1.807, 2.05) is 6.92 Å². The zero-order valence-corrected chi connectivity index (χ0v) is 22.4. The lowest BCUT2D eigenvalue weighted by atomic mass is 10.0. The lowest BCUT2D eigenvalue weighted by molar-refractivity contribution is 0.264. The lowest BCUT2D eigenvalue weighted by Gasteiger charge is -2.21. The Bertz CT molecular complexity index is 1850. The van der Waals surface area contributed by atoms with Crippen LogP contribution in [0, 0.1) is 25.5 Å². The average molecular weight is 548 g/mol. The summed E-state index contributed by atoms with van der Waals surface area (Å²) in [7, 11) is 0. The van der Waals surface area contributed by atoms with Crippen molar-refractivity contribution in [2.24, 2.45) is 0 Å². The van der Waals surface area contributed by atoms with Gasteiger partial charge in [-0.1, -0.05) is 0 Å². The quantitative estimate of drug-likeness (QED) is 0.344. The fourth-order valence-corrected chi connectivity index (χ4v) is 5.76. The molecule has 5 aromatic rings. The largest absolute Gasteiger partial charge is 0.338 e. The molecule has 11 heteroatoms. The van der Waals surface area contributed by atoms with E-state index in [1.54, 1.807) is 42.9 Å². The third kappa shape index (κ3) is 3.75. The van der Waals surface area contributed by atoms with Crippen molar-refractivity contribution in [1.29, 1.82) is 0 Å². The fourth-order valence-electron chi connectivity index (χ4n) is 5.76. The Balaban J connectivity index is 1.38. The normalized spacial score (nSPS) is 17.9. The van der Waals surface area contributed by atoms with Gasteiger partial charge in [-0.05, 0) is 69.0 Å². The van der Waals surface area contributed by atoms with Gasteiger partial charge in [-0.25, -0.2) is 22.6 Å². The van der Waals surface area contributed by atoms with Gasteiger partial charge in [0, 0.05) is 37.0 Å². The Kier molecular flexibility index (Phi) is 5.41. The van der Waals surface area contributed by atoms with Crippen LogP contribution < -0.4 is 11.0 Å². The second-order valence-electron chi connectivity index (χ2n) is 11.0. The van der Waals surface area contributed by atoms with Crippen molar-refractivity contribution >= 4 is 10.9 Å². The van der Waals surface area contributed by atoms with E-state index >= 15 is 4.39 Å². The third-order valence-corrected chi connectivity index (χ3v) is 8.12. The average Bonchev–Trinajstić information content (AvgIpc) is 3.22. The maximum atomic E-state index is 15.8. The molecule has 8 nitrogen and oxygen atoms in total. The topological polar surface area (TPSA) is 74.6 Å². The number of hydrogen-bond donors (Lipinski definition) is 1. The second kappa shape index (κ2) is 8.69. The van der Waals surface area contributed by atoms with Gasteiger partial charge < -0.3 is 5.32 Å². The summed E-state index contributed by atoms with van der Waals surface area (Å²) in [6.07, 6.45) is 6.10. The SMILES string of the molecule is Cc1cc(-n2nc3c(c2-n2ccn(-c4ccc5c(cnn5CC5(F)CC5)c4F)c2=O)[C@H](C)NCC3)cc(C)c1F. The highest BCUT2D eigenvalue weighted by atomic mass is 19.1. The van der Waals surface area contributed by atoms with E-state index in [1.165, 1.54) is 32.3 Å². The van der Waals surface area contributed by atoms with Crippen molar-refractivity contribution in [3.05, 3.63) is 87.4 Å². The highest BCUT2D eigenvalue weighted by molar-refractivity contribution is 5.82. The van der Waals surface area contributed by atoms with E-state index < -0.39 is 17.2 Å². The Hall–Kier alpha value is -4.12. The molecule has 2 aliphatic rings. The van der Waals surface area contributed by atoms with Crippen LogP contribution in [0.15, 0.2) is 47.7 Å². The number of rotatable bonds is 5. The van der Waals surface area contributed by atoms with Crippen molar-refractivity contribution in [2.45, 2.75) is 58.3 Å². The van der Waals surface area contributed by atoms with Crippen LogP contribution in [0.1, 0.15) is 48.2 Å². The predicted octanol–water partition coefficient (Wildman–Crippen LogP) is 4.77. The van der Waals surface area contributed by atoms with Crippen molar-refractivity contribution in [3.8, 4) is 17.2 Å². The van der Waals surface area contributed by atoms with Gasteiger partial charge in [-0.15, -0.1) is 0 Å². The summed E-state index contributed by atoms with van der Waals surface area (Å²) in [5.41, 5.74) is 2.08. The maximum absolute atomic E-state index is 15.8. The van der Waals surface area contributed by atoms with Crippen molar-refractivity contribution < 1.29 is 13.2 Å². The highest BCUT2D eigenvalue weighted by Gasteiger charge is 2.44. The first-order valence-electron chi connectivity index (χ1n) is 13.4. The van der Waals surface area contributed by atoms with Crippen LogP contribution in [0.2, 0.25) is 0 Å². The summed E-state index contributed by atoms with van der Waals surface area (Å²) in [5.74, 6) is -0.368. The number of nitrogens with one attached hydrogen (secondary N) is 1. The van der Waals surface area contributed by atoms with Gasteiger partial charge in [0.2, 0.25) is 0 Å². The minimum Gasteiger partial charge on any atom is -0.310 e. The van der Waals surface area contributed by atoms with Gasteiger partial charge in [0.25, 0.3) is 0 Å². The molecule has 206 valence electrons. The number of nitrogens with zero attached hydrogens (tertiary/aromatic N) is 6. The van der Waals surface area contributed by atoms with Crippen molar-refractivity contribution in [3.63, 3.8) is 0 Å². The summed E-state index contributed by atoms with van der Waals surface area (Å²) < 4.78 is 50.5. The Morgan fingerprint density at radius 1 is 1.07 bits per heavy atom. The molecule has 0 unspecified atom stereocenters. The van der Waals surface area contributed by atoms with Gasteiger partial charge in [0.05, 0.1) is 40.7 Å². The number of imidazole rings is 1. The highest BCUT2D eigenvalue weighted by Crippen LogP contribution is 2.41. The molecule has 2 aromatic carbocycles. The molecule has 0 bridgehead atoms. The number of benzene rings is 2. The molecule has 40 heavy (non-hydrogen) atoms. The molecule has 0 amide bonds. The minimum atomic E-state index is -1.28. The first kappa shape index (κ1) is 24.9. The molecule has 1 saturated carbocycles. The van der Waals surface area contributed by atoms with Crippen molar-refractivity contribution in [1.82, 2.24) is 34.0 Å². The van der Waals surface area contributed by atoms with Gasteiger partial charge in [-0.2, -0.15) is 10.2 Å². The fraction of sp³-hybridized carbons (Fsp3) is 0.345. The van der Waals surface area contributed by atoms with E-state index in [4.69, 9.17) is 5.10 Å². The Morgan fingerprint density at radius 3 is 2.52 bits per heavy atom. The zero-order valence-electron chi connectivity index (χ0n) is 22.4. The first-order chi connectivity index (χ1) is 19.1. The molecule has 7 rings (SSSR count). The molecular weight excluding hydrogens is 519 g/mol. The number of alkyl halides is 1. The molecule has 0 saturated heterocycles. The van der Waals surface area contributed by atoms with E-state index in [2.05, 4.69) is 10.4 Å². The van der Waals surface area contributed by atoms with Crippen LogP contribution in [0.4, 0.5) is 13.2 Å². The first-order valence-corrected chi connectivity index (χ1v) is 13.4. The predicted molar refractivity (Wildman–Crippen MR) is 144 cm³/mol. The van der Waals surface area contributed by atoms with Crippen LogP contribution in [0.3, 0.4) is 0 Å². The molecular formula is C29H28F3N7O. The van der Waals surface area contributed by atoms with Crippen LogP contribution in [-0.4, -0.2) is 40.9 Å². The number of aryl methyl sites for hydroxylation is 2. The van der Waals surface area contributed by atoms with Gasteiger partial charge in [0.15, 0.2) is 5.82 Å². The van der Waals surface area contributed by atoms with Crippen LogP contribution in [0.25, 0.3) is 28.1 Å². The molecule has 0 radical (unpaired) electrons. The minimum absolute atomic E-state index is 0.0664.